The molecule has 0 aromatic heterocycles. The minimum Gasteiger partial charge on any atom is -0.363 e. The molecule has 0 amide bonds. The van der Waals surface area contributed by atoms with Crippen LogP contribution in [0.2, 0.25) is 0 Å². The fourth-order valence-corrected chi connectivity index (χ4v) is 7.59. The molecule has 0 unspecified atom stereocenters. The largest absolute Gasteiger partial charge is 0.363 e. The standard InChI is InChI=1S/C32H27N/c1-3-12-23-20(8-1)10-5-16-27(23)31-28-17-7-15-26(28)30-25-13-4-2-9-21(25)18-29-24-14-6-11-22(24)19-33(31)32(29)30/h1-10,12-16,18,22,24,26,28,31H,11,17,19H2/t22-,24+,26+,28-,31-/m1/s1. The van der Waals surface area contributed by atoms with Gasteiger partial charge in [-0.1, -0.05) is 91.0 Å². The lowest BCUT2D eigenvalue weighted by atomic mass is 9.69. The van der Waals surface area contributed by atoms with Crippen LogP contribution in [0.15, 0.2) is 97.1 Å². The van der Waals surface area contributed by atoms with Gasteiger partial charge < -0.3 is 4.90 Å². The van der Waals surface area contributed by atoms with Crippen molar-refractivity contribution < 1.29 is 0 Å². The van der Waals surface area contributed by atoms with Crippen molar-refractivity contribution in [3.63, 3.8) is 0 Å². The van der Waals surface area contributed by atoms with Gasteiger partial charge in [-0.05, 0) is 69.0 Å². The molecule has 4 aliphatic rings. The van der Waals surface area contributed by atoms with Gasteiger partial charge in [-0.2, -0.15) is 0 Å². The molecule has 1 nitrogen and oxygen atoms in total. The number of hydrogen-bond acceptors (Lipinski definition) is 1. The van der Waals surface area contributed by atoms with Gasteiger partial charge in [0.2, 0.25) is 0 Å². The molecule has 4 aromatic carbocycles. The monoisotopic (exact) mass is 425 g/mol. The van der Waals surface area contributed by atoms with E-state index in [4.69, 9.17) is 0 Å². The molecule has 0 fully saturated rings. The second-order valence-corrected chi connectivity index (χ2v) is 10.4. The number of hydrogen-bond donors (Lipinski definition) is 0. The van der Waals surface area contributed by atoms with E-state index < -0.39 is 0 Å². The molecule has 2 heterocycles. The van der Waals surface area contributed by atoms with Crippen molar-refractivity contribution in [3.8, 4) is 0 Å². The zero-order chi connectivity index (χ0) is 21.5. The van der Waals surface area contributed by atoms with Gasteiger partial charge in [0, 0.05) is 24.1 Å². The van der Waals surface area contributed by atoms with E-state index in [1.165, 1.54) is 39.9 Å². The smallest absolute Gasteiger partial charge is 0.0588 e. The molecule has 1 heteroatoms. The Kier molecular flexibility index (Phi) is 3.63. The lowest BCUT2D eigenvalue weighted by molar-refractivity contribution is 0.338. The molecule has 0 bridgehead atoms. The van der Waals surface area contributed by atoms with E-state index in [2.05, 4.69) is 102 Å². The third kappa shape index (κ3) is 2.38. The average Bonchev–Trinajstić information content (AvgIpc) is 3.53. The van der Waals surface area contributed by atoms with Gasteiger partial charge in [-0.15, -0.1) is 0 Å². The molecule has 0 spiro atoms. The summed E-state index contributed by atoms with van der Waals surface area (Å²) < 4.78 is 0. The van der Waals surface area contributed by atoms with Gasteiger partial charge in [0.15, 0.2) is 0 Å². The van der Waals surface area contributed by atoms with Crippen LogP contribution in [-0.4, -0.2) is 6.54 Å². The van der Waals surface area contributed by atoms with Crippen LogP contribution in [-0.2, 0) is 0 Å². The van der Waals surface area contributed by atoms with E-state index >= 15 is 0 Å². The van der Waals surface area contributed by atoms with Gasteiger partial charge >= 0.3 is 0 Å². The normalized spacial score (nSPS) is 28.8. The Labute approximate surface area is 195 Å². The van der Waals surface area contributed by atoms with E-state index in [0.29, 0.717) is 29.7 Å². The highest BCUT2D eigenvalue weighted by Gasteiger charge is 2.48. The summed E-state index contributed by atoms with van der Waals surface area (Å²) in [6.45, 7) is 1.16. The summed E-state index contributed by atoms with van der Waals surface area (Å²) in [6, 6.07) is 28.0. The van der Waals surface area contributed by atoms with Crippen molar-refractivity contribution in [3.05, 3.63) is 114 Å². The van der Waals surface area contributed by atoms with Crippen LogP contribution >= 0.6 is 0 Å². The van der Waals surface area contributed by atoms with Gasteiger partial charge in [0.05, 0.1) is 6.04 Å². The number of nitrogens with zero attached hydrogens (tertiary/aromatic N) is 1. The van der Waals surface area contributed by atoms with Gasteiger partial charge in [0.25, 0.3) is 0 Å². The lowest BCUT2D eigenvalue weighted by Crippen LogP contribution is -2.46. The molecule has 5 atom stereocenters. The molecule has 8 rings (SSSR count). The van der Waals surface area contributed by atoms with Crippen LogP contribution in [0.5, 0.6) is 0 Å². The lowest BCUT2D eigenvalue weighted by Gasteiger charge is -2.52. The maximum Gasteiger partial charge on any atom is 0.0588 e. The average molecular weight is 426 g/mol. The first-order valence-electron chi connectivity index (χ1n) is 12.5. The Bertz CT molecular complexity index is 1490. The maximum absolute atomic E-state index is 2.85. The quantitative estimate of drug-likeness (QED) is 0.280. The molecule has 2 aliphatic heterocycles. The van der Waals surface area contributed by atoms with Crippen LogP contribution in [0.3, 0.4) is 0 Å². The number of fused-ring (bicyclic) bond motifs is 7. The second kappa shape index (κ2) is 6.60. The minimum atomic E-state index is 0.421. The van der Waals surface area contributed by atoms with Gasteiger partial charge in [0.1, 0.15) is 0 Å². The molecule has 160 valence electrons. The highest BCUT2D eigenvalue weighted by Crippen LogP contribution is 2.60. The van der Waals surface area contributed by atoms with E-state index in [1.54, 1.807) is 16.8 Å². The third-order valence-electron chi connectivity index (χ3n) is 8.89. The Morgan fingerprint density at radius 3 is 2.36 bits per heavy atom. The number of anilines is 1. The molecule has 0 radical (unpaired) electrons. The van der Waals surface area contributed by atoms with Crippen LogP contribution in [0.1, 0.15) is 47.4 Å². The maximum atomic E-state index is 2.85. The Morgan fingerprint density at radius 1 is 0.667 bits per heavy atom. The van der Waals surface area contributed by atoms with Crippen LogP contribution < -0.4 is 4.90 Å². The SMILES string of the molecule is C1=C[C@@H]2c3cc4ccccc4c4c3N(C[C@H]2C1)[C@H](c1cccc2ccccc12)[C@@H]1CC=C[C@H]41. The Morgan fingerprint density at radius 2 is 1.42 bits per heavy atom. The molecular weight excluding hydrogens is 398 g/mol. The molecule has 2 aliphatic carbocycles. The van der Waals surface area contributed by atoms with Crippen molar-refractivity contribution in [2.24, 2.45) is 11.8 Å². The molecule has 0 saturated carbocycles. The number of allylic oxidation sites excluding steroid dienone is 4. The second-order valence-electron chi connectivity index (χ2n) is 10.4. The van der Waals surface area contributed by atoms with E-state index in [-0.39, 0.29) is 0 Å². The van der Waals surface area contributed by atoms with Crippen LogP contribution in [0.4, 0.5) is 5.69 Å². The van der Waals surface area contributed by atoms with E-state index in [0.717, 1.165) is 6.54 Å². The number of rotatable bonds is 1. The molecule has 0 saturated heterocycles. The van der Waals surface area contributed by atoms with Gasteiger partial charge in [-0.25, -0.2) is 0 Å². The topological polar surface area (TPSA) is 3.24 Å². The van der Waals surface area contributed by atoms with Crippen LogP contribution in [0.25, 0.3) is 21.5 Å². The fraction of sp³-hybridized carbons (Fsp3) is 0.250. The fourth-order valence-electron chi connectivity index (χ4n) is 7.59. The zero-order valence-electron chi connectivity index (χ0n) is 18.7. The summed E-state index contributed by atoms with van der Waals surface area (Å²) in [4.78, 5) is 2.85. The highest BCUT2D eigenvalue weighted by atomic mass is 15.2. The summed E-state index contributed by atoms with van der Waals surface area (Å²) in [7, 11) is 0. The summed E-state index contributed by atoms with van der Waals surface area (Å²) in [5, 5.41) is 5.65. The first kappa shape index (κ1) is 18.1. The summed E-state index contributed by atoms with van der Waals surface area (Å²) in [5.41, 5.74) is 6.22. The number of benzene rings is 4. The van der Waals surface area contributed by atoms with E-state index in [1.807, 2.05) is 0 Å². The van der Waals surface area contributed by atoms with Crippen molar-refractivity contribution in [1.29, 1.82) is 0 Å². The van der Waals surface area contributed by atoms with Crippen molar-refractivity contribution in [1.82, 2.24) is 0 Å². The predicted molar refractivity (Wildman–Crippen MR) is 138 cm³/mol. The Balaban J connectivity index is 1.46. The minimum absolute atomic E-state index is 0.421. The predicted octanol–water partition coefficient (Wildman–Crippen LogP) is 7.89. The highest BCUT2D eigenvalue weighted by molar-refractivity contribution is 5.95. The first-order valence-corrected chi connectivity index (χ1v) is 12.5. The van der Waals surface area contributed by atoms with Crippen molar-refractivity contribution >= 4 is 27.2 Å². The third-order valence-corrected chi connectivity index (χ3v) is 8.89. The Hall–Kier alpha value is -3.32. The zero-order valence-corrected chi connectivity index (χ0v) is 18.7. The van der Waals surface area contributed by atoms with Crippen LogP contribution in [0, 0.1) is 11.8 Å². The van der Waals surface area contributed by atoms with Gasteiger partial charge in [-0.3, -0.25) is 0 Å². The summed E-state index contributed by atoms with van der Waals surface area (Å²) >= 11 is 0. The molecular formula is C32H27N. The molecule has 0 N–H and O–H groups in total. The molecule has 33 heavy (non-hydrogen) atoms. The van der Waals surface area contributed by atoms with Crippen molar-refractivity contribution in [2.75, 3.05) is 11.4 Å². The van der Waals surface area contributed by atoms with E-state index in [9.17, 15) is 0 Å². The summed E-state index contributed by atoms with van der Waals surface area (Å²) in [5.74, 6) is 2.34. The molecule has 4 aromatic rings. The first-order chi connectivity index (χ1) is 16.4. The summed E-state index contributed by atoms with van der Waals surface area (Å²) in [6.07, 6.45) is 12.3. The van der Waals surface area contributed by atoms with Crippen molar-refractivity contribution in [2.45, 2.75) is 30.7 Å².